The van der Waals surface area contributed by atoms with Crippen LogP contribution in [0.3, 0.4) is 0 Å². The summed E-state index contributed by atoms with van der Waals surface area (Å²) in [4.78, 5) is 61.9. The first-order valence-corrected chi connectivity index (χ1v) is 15.7. The number of nitrogens with two attached hydrogens (primary N) is 1. The number of carbonyl (C=O) groups excluding carboxylic acids is 3. The van der Waals surface area contributed by atoms with Gasteiger partial charge in [-0.15, -0.1) is 0 Å². The highest BCUT2D eigenvalue weighted by Gasteiger charge is 2.33. The van der Waals surface area contributed by atoms with Gasteiger partial charge in [0.15, 0.2) is 5.78 Å². The molecule has 0 saturated carbocycles. The minimum Gasteiger partial charge on any atom is -0.397 e. The highest BCUT2D eigenvalue weighted by atomic mass is 79.9. The lowest BCUT2D eigenvalue weighted by Crippen LogP contribution is -2.54. The summed E-state index contributed by atoms with van der Waals surface area (Å²) in [5.74, 6) is -0.867. The number of amides is 2. The summed E-state index contributed by atoms with van der Waals surface area (Å²) in [6.07, 6.45) is 0.987. The number of piperazine rings is 1. The van der Waals surface area contributed by atoms with Crippen LogP contribution in [-0.2, 0) is 9.59 Å². The molecule has 13 heteroatoms. The van der Waals surface area contributed by atoms with Crippen LogP contribution in [0.5, 0.6) is 0 Å². The summed E-state index contributed by atoms with van der Waals surface area (Å²) in [5, 5.41) is 2.87. The van der Waals surface area contributed by atoms with Crippen molar-refractivity contribution in [3.8, 4) is 0 Å². The van der Waals surface area contributed by atoms with Crippen LogP contribution < -0.4 is 16.7 Å². The molecule has 2 aromatic carbocycles. The molecule has 1 atom stereocenters. The number of hydrogen-bond acceptors (Lipinski definition) is 7. The molecule has 0 spiro atoms. The third kappa shape index (κ3) is 6.80. The monoisotopic (exact) mass is 703 g/mol. The zero-order valence-electron chi connectivity index (χ0n) is 23.4. The molecule has 42 heavy (non-hydrogen) atoms. The Morgan fingerprint density at radius 2 is 1.67 bits per heavy atom. The Morgan fingerprint density at radius 3 is 2.33 bits per heavy atom. The van der Waals surface area contributed by atoms with Crippen LogP contribution in [0, 0.1) is 0 Å². The predicted molar refractivity (Wildman–Crippen MR) is 168 cm³/mol. The van der Waals surface area contributed by atoms with Gasteiger partial charge in [0.1, 0.15) is 6.04 Å². The van der Waals surface area contributed by atoms with Crippen molar-refractivity contribution in [2.45, 2.75) is 31.3 Å². The van der Waals surface area contributed by atoms with Gasteiger partial charge < -0.3 is 25.8 Å². The van der Waals surface area contributed by atoms with E-state index in [1.165, 1.54) is 0 Å². The van der Waals surface area contributed by atoms with Gasteiger partial charge in [-0.05, 0) is 76.0 Å². The second-order valence-electron chi connectivity index (χ2n) is 11.1. The number of carbonyl (C=O) groups is 3. The van der Waals surface area contributed by atoms with Crippen molar-refractivity contribution in [1.82, 2.24) is 29.6 Å². The van der Waals surface area contributed by atoms with E-state index in [2.05, 4.69) is 52.0 Å². The molecule has 2 aliphatic heterocycles. The fourth-order valence-corrected chi connectivity index (χ4v) is 6.89. The number of imidazole rings is 1. The second kappa shape index (κ2) is 13.1. The lowest BCUT2D eigenvalue weighted by atomic mass is 9.99. The number of likely N-dealkylation sites (tertiary alicyclic amines) is 1. The smallest absolute Gasteiger partial charge is 0.326 e. The molecule has 2 aliphatic rings. The summed E-state index contributed by atoms with van der Waals surface area (Å²) in [6.45, 7) is 4.23. The van der Waals surface area contributed by atoms with E-state index < -0.39 is 6.04 Å². The number of piperidine rings is 1. The molecule has 2 fully saturated rings. The molecule has 4 N–H and O–H groups in total. The lowest BCUT2D eigenvalue weighted by Gasteiger charge is -2.35. The zero-order valence-corrected chi connectivity index (χ0v) is 26.6. The number of likely N-dealkylation sites (N-methyl/N-ethyl adjacent to an activating group) is 1. The first-order valence-electron chi connectivity index (χ1n) is 14.1. The van der Waals surface area contributed by atoms with Crippen molar-refractivity contribution >= 4 is 66.2 Å². The molecule has 0 aliphatic carbocycles. The van der Waals surface area contributed by atoms with E-state index >= 15 is 0 Å². The predicted octanol–water partition coefficient (Wildman–Crippen LogP) is 2.61. The summed E-state index contributed by atoms with van der Waals surface area (Å²) in [5.41, 5.74) is 8.30. The third-order valence-electron chi connectivity index (χ3n) is 8.15. The summed E-state index contributed by atoms with van der Waals surface area (Å²) < 4.78 is 2.90. The number of nitrogens with zero attached hydrogens (tertiary/aromatic N) is 4. The van der Waals surface area contributed by atoms with E-state index in [1.807, 2.05) is 31.3 Å². The number of hydrogen-bond donors (Lipinski definition) is 3. The zero-order chi connectivity index (χ0) is 30.0. The number of benzene rings is 2. The number of halogens is 2. The van der Waals surface area contributed by atoms with Crippen LogP contribution in [0.1, 0.15) is 35.7 Å². The van der Waals surface area contributed by atoms with Crippen LogP contribution in [0.2, 0.25) is 0 Å². The quantitative estimate of drug-likeness (QED) is 0.242. The van der Waals surface area contributed by atoms with Crippen LogP contribution >= 0.6 is 31.9 Å². The largest absolute Gasteiger partial charge is 0.397 e. The number of aromatic amines is 1. The average Bonchev–Trinajstić information content (AvgIpc) is 3.31. The Labute approximate surface area is 260 Å². The molecular weight excluding hydrogens is 670 g/mol. The van der Waals surface area contributed by atoms with Crippen molar-refractivity contribution in [2.24, 2.45) is 0 Å². The van der Waals surface area contributed by atoms with Crippen molar-refractivity contribution in [3.05, 3.63) is 61.4 Å². The molecule has 2 saturated heterocycles. The number of fused-ring (bicyclic) bond motifs is 1. The maximum absolute atomic E-state index is 13.8. The van der Waals surface area contributed by atoms with Crippen molar-refractivity contribution in [3.63, 3.8) is 0 Å². The van der Waals surface area contributed by atoms with Crippen LogP contribution in [-0.4, -0.2) is 101 Å². The van der Waals surface area contributed by atoms with E-state index in [1.54, 1.807) is 21.6 Å². The summed E-state index contributed by atoms with van der Waals surface area (Å²) in [6, 6.07) is 9.74. The van der Waals surface area contributed by atoms with Gasteiger partial charge in [-0.3, -0.25) is 23.9 Å². The Kier molecular flexibility index (Phi) is 9.50. The van der Waals surface area contributed by atoms with E-state index in [0.717, 1.165) is 37.2 Å². The fourth-order valence-electron chi connectivity index (χ4n) is 5.70. The van der Waals surface area contributed by atoms with Gasteiger partial charge in [-0.1, -0.05) is 12.1 Å². The normalized spacial score (nSPS) is 17.8. The molecule has 224 valence electrons. The highest BCUT2D eigenvalue weighted by molar-refractivity contribution is 9.11. The number of aromatic nitrogens is 2. The lowest BCUT2D eigenvalue weighted by molar-refractivity contribution is -0.137. The number of nitrogen functional groups attached to an aromatic ring is 1. The number of H-pyrrole nitrogens is 1. The molecule has 2 amide bonds. The van der Waals surface area contributed by atoms with E-state index in [4.69, 9.17) is 5.73 Å². The van der Waals surface area contributed by atoms with Crippen LogP contribution in [0.15, 0.2) is 50.1 Å². The Bertz CT molecular complexity index is 1520. The molecular formula is C29H35Br2N7O4. The standard InChI is InChI=1S/C29H35Br2N7O4/c1-35-10-12-36(13-11-35)17-26(40)33-23(16-25(39)18-14-20(30)27(32)21(31)15-18)28(41)37-8-6-19(7-9-37)38-24-5-3-2-4-22(24)34-29(38)42/h2-5,14-15,19,23H,6-13,16-17,32H2,1H3,(H,33,40)(H,34,42)/t23-/m0/s1. The summed E-state index contributed by atoms with van der Waals surface area (Å²) in [7, 11) is 2.05. The molecule has 0 radical (unpaired) electrons. The average molecular weight is 705 g/mol. The minimum absolute atomic E-state index is 0.0610. The number of nitrogens with one attached hydrogen (secondary N) is 2. The molecule has 3 heterocycles. The first-order chi connectivity index (χ1) is 20.1. The number of ketones is 1. The molecule has 0 bridgehead atoms. The van der Waals surface area contributed by atoms with E-state index in [9.17, 15) is 19.2 Å². The maximum atomic E-state index is 13.8. The summed E-state index contributed by atoms with van der Waals surface area (Å²) >= 11 is 6.75. The van der Waals surface area contributed by atoms with Crippen molar-refractivity contribution in [2.75, 3.05) is 58.6 Å². The molecule has 3 aromatic rings. The van der Waals surface area contributed by atoms with Crippen molar-refractivity contribution in [1.29, 1.82) is 0 Å². The number of Topliss-reactive ketones (excluding diaryl/α,β-unsaturated/α-hetero) is 1. The number of para-hydroxylation sites is 2. The molecule has 0 unspecified atom stereocenters. The third-order valence-corrected chi connectivity index (χ3v) is 9.46. The van der Waals surface area contributed by atoms with E-state index in [0.29, 0.717) is 46.1 Å². The molecule has 5 rings (SSSR count). The first kappa shape index (κ1) is 30.5. The number of rotatable bonds is 8. The van der Waals surface area contributed by atoms with E-state index in [-0.39, 0.29) is 42.3 Å². The molecule has 11 nitrogen and oxygen atoms in total. The minimum atomic E-state index is -1.01. The van der Waals surface area contributed by atoms with Gasteiger partial charge in [0, 0.05) is 66.2 Å². The van der Waals surface area contributed by atoms with Gasteiger partial charge >= 0.3 is 5.69 Å². The second-order valence-corrected chi connectivity index (χ2v) is 12.8. The van der Waals surface area contributed by atoms with Crippen LogP contribution in [0.4, 0.5) is 5.69 Å². The maximum Gasteiger partial charge on any atom is 0.326 e. The van der Waals surface area contributed by atoms with Gasteiger partial charge in [-0.2, -0.15) is 0 Å². The number of anilines is 1. The van der Waals surface area contributed by atoms with Gasteiger partial charge in [0.25, 0.3) is 0 Å². The van der Waals surface area contributed by atoms with Crippen LogP contribution in [0.25, 0.3) is 11.0 Å². The van der Waals surface area contributed by atoms with Crippen molar-refractivity contribution < 1.29 is 14.4 Å². The Hall–Kier alpha value is -3.00. The Balaban J connectivity index is 1.29. The van der Waals surface area contributed by atoms with Gasteiger partial charge in [-0.25, -0.2) is 4.79 Å². The molecule has 1 aromatic heterocycles. The Morgan fingerprint density at radius 1 is 1.02 bits per heavy atom. The topological polar surface area (TPSA) is 137 Å². The highest BCUT2D eigenvalue weighted by Crippen LogP contribution is 2.30. The SMILES string of the molecule is CN1CCN(CC(=O)N[C@@H](CC(=O)c2cc(Br)c(N)c(Br)c2)C(=O)N2CCC(n3c(=O)[nH]c4ccccc43)CC2)CC1. The fraction of sp³-hybridized carbons (Fsp3) is 0.448. The van der Waals surface area contributed by atoms with Gasteiger partial charge in [0.2, 0.25) is 11.8 Å². The van der Waals surface area contributed by atoms with Gasteiger partial charge in [0.05, 0.1) is 23.3 Å².